The predicted octanol–water partition coefficient (Wildman–Crippen LogP) is 1.57. The molecule has 1 rings (SSSR count). The average Bonchev–Trinajstić information content (AvgIpc) is 1.94. The van der Waals surface area contributed by atoms with Gasteiger partial charge in [-0.1, -0.05) is 11.6 Å². The molecule has 0 N–H and O–H groups in total. The zero-order valence-corrected chi connectivity index (χ0v) is 7.42. The molecule has 0 saturated heterocycles. The van der Waals surface area contributed by atoms with E-state index in [9.17, 15) is 4.79 Å². The van der Waals surface area contributed by atoms with E-state index in [1.165, 1.54) is 5.57 Å². The van der Waals surface area contributed by atoms with Gasteiger partial charge < -0.3 is 4.90 Å². The van der Waals surface area contributed by atoms with Crippen LogP contribution in [0.5, 0.6) is 0 Å². The lowest BCUT2D eigenvalue weighted by Crippen LogP contribution is -2.39. The van der Waals surface area contributed by atoms with Crippen molar-refractivity contribution >= 4 is 5.91 Å². The number of rotatable bonds is 1. The quantitative estimate of drug-likeness (QED) is 0.524. The Kier molecular flexibility index (Phi) is 2.32. The second kappa shape index (κ2) is 3.07. The van der Waals surface area contributed by atoms with E-state index >= 15 is 0 Å². The smallest absolute Gasteiger partial charge is 0.226 e. The highest BCUT2D eigenvalue weighted by molar-refractivity contribution is 5.79. The van der Waals surface area contributed by atoms with Crippen LogP contribution in [0.2, 0.25) is 0 Å². The first kappa shape index (κ1) is 8.31. The molecule has 1 heterocycles. The lowest BCUT2D eigenvalue weighted by Gasteiger charge is -2.29. The Labute approximate surface area is 67.9 Å². The van der Waals surface area contributed by atoms with E-state index < -0.39 is 0 Å². The molecule has 0 aromatic heterocycles. The summed E-state index contributed by atoms with van der Waals surface area (Å²) in [5, 5.41) is 0. The van der Waals surface area contributed by atoms with Crippen molar-refractivity contribution in [3.8, 4) is 0 Å². The molecule has 0 aromatic rings. The molecular weight excluding hydrogens is 138 g/mol. The van der Waals surface area contributed by atoms with Gasteiger partial charge in [0.05, 0.1) is 0 Å². The van der Waals surface area contributed by atoms with Gasteiger partial charge in [-0.15, -0.1) is 0 Å². The van der Waals surface area contributed by atoms with E-state index in [1.807, 2.05) is 11.0 Å². The third-order valence-corrected chi connectivity index (χ3v) is 1.99. The van der Waals surface area contributed by atoms with Crippen molar-refractivity contribution in [1.82, 2.24) is 4.90 Å². The third-order valence-electron chi connectivity index (χ3n) is 1.99. The zero-order chi connectivity index (χ0) is 8.43. The monoisotopic (exact) mass is 153 g/mol. The molecular formula is C9H15NO. The van der Waals surface area contributed by atoms with Crippen LogP contribution in [-0.4, -0.2) is 23.4 Å². The van der Waals surface area contributed by atoms with E-state index in [0.29, 0.717) is 12.5 Å². The Hall–Kier alpha value is -0.790. The van der Waals surface area contributed by atoms with Gasteiger partial charge in [0.15, 0.2) is 0 Å². The molecule has 1 aliphatic heterocycles. The summed E-state index contributed by atoms with van der Waals surface area (Å²) in [5.74, 6) is 0.255. The molecule has 0 spiro atoms. The molecule has 0 bridgehead atoms. The molecule has 0 saturated carbocycles. The fraction of sp³-hybridized carbons (Fsp3) is 0.667. The summed E-state index contributed by atoms with van der Waals surface area (Å²) in [5.41, 5.74) is 1.30. The predicted molar refractivity (Wildman–Crippen MR) is 45.2 cm³/mol. The van der Waals surface area contributed by atoms with Crippen LogP contribution < -0.4 is 0 Å². The minimum Gasteiger partial charge on any atom is -0.336 e. The molecule has 62 valence electrons. The van der Waals surface area contributed by atoms with E-state index in [1.54, 1.807) is 0 Å². The van der Waals surface area contributed by atoms with Crippen molar-refractivity contribution in [2.75, 3.05) is 6.54 Å². The van der Waals surface area contributed by atoms with Gasteiger partial charge in [-0.05, 0) is 20.8 Å². The minimum atomic E-state index is 0.255. The maximum atomic E-state index is 11.3. The van der Waals surface area contributed by atoms with Crippen molar-refractivity contribution < 1.29 is 4.79 Å². The first-order chi connectivity index (χ1) is 5.11. The number of hydrogen-bond acceptors (Lipinski definition) is 1. The molecule has 2 heteroatoms. The number of carbonyl (C=O) groups is 1. The Morgan fingerprint density at radius 3 is 2.64 bits per heavy atom. The fourth-order valence-electron chi connectivity index (χ4n) is 1.27. The van der Waals surface area contributed by atoms with E-state index in [2.05, 4.69) is 20.8 Å². The van der Waals surface area contributed by atoms with Crippen molar-refractivity contribution in [2.24, 2.45) is 0 Å². The second-order valence-corrected chi connectivity index (χ2v) is 3.37. The SMILES string of the molecule is CC1=CCC(=O)N(C(C)C)C1. The number of amides is 1. The first-order valence-corrected chi connectivity index (χ1v) is 4.06. The minimum absolute atomic E-state index is 0.255. The van der Waals surface area contributed by atoms with Gasteiger partial charge in [0.25, 0.3) is 0 Å². The van der Waals surface area contributed by atoms with Gasteiger partial charge in [-0.25, -0.2) is 0 Å². The summed E-state index contributed by atoms with van der Waals surface area (Å²) in [6.07, 6.45) is 2.60. The van der Waals surface area contributed by atoms with Crippen molar-refractivity contribution in [3.63, 3.8) is 0 Å². The van der Waals surface area contributed by atoms with E-state index in [4.69, 9.17) is 0 Å². The van der Waals surface area contributed by atoms with Gasteiger partial charge in [0.2, 0.25) is 5.91 Å². The van der Waals surface area contributed by atoms with Crippen LogP contribution in [0.3, 0.4) is 0 Å². The highest BCUT2D eigenvalue weighted by atomic mass is 16.2. The summed E-state index contributed by atoms with van der Waals surface area (Å²) in [6.45, 7) is 6.99. The maximum absolute atomic E-state index is 11.3. The molecule has 1 aliphatic rings. The molecule has 11 heavy (non-hydrogen) atoms. The average molecular weight is 153 g/mol. The number of carbonyl (C=O) groups excluding carboxylic acids is 1. The van der Waals surface area contributed by atoms with Gasteiger partial charge in [0.1, 0.15) is 0 Å². The third kappa shape index (κ3) is 1.82. The lowest BCUT2D eigenvalue weighted by atomic mass is 10.1. The maximum Gasteiger partial charge on any atom is 0.226 e. The first-order valence-electron chi connectivity index (χ1n) is 4.06. The Balaban J connectivity index is 2.68. The zero-order valence-electron chi connectivity index (χ0n) is 7.42. The summed E-state index contributed by atoms with van der Waals surface area (Å²) < 4.78 is 0. The molecule has 0 radical (unpaired) electrons. The molecule has 0 unspecified atom stereocenters. The van der Waals surface area contributed by atoms with Crippen LogP contribution in [-0.2, 0) is 4.79 Å². The van der Waals surface area contributed by atoms with Crippen molar-refractivity contribution in [1.29, 1.82) is 0 Å². The van der Waals surface area contributed by atoms with Gasteiger partial charge in [-0.3, -0.25) is 4.79 Å². The Morgan fingerprint density at radius 2 is 2.18 bits per heavy atom. The summed E-state index contributed by atoms with van der Waals surface area (Å²) in [7, 11) is 0. The van der Waals surface area contributed by atoms with Crippen LogP contribution in [0.25, 0.3) is 0 Å². The summed E-state index contributed by atoms with van der Waals surface area (Å²) in [6, 6.07) is 0.339. The highest BCUT2D eigenvalue weighted by Crippen LogP contribution is 2.12. The van der Waals surface area contributed by atoms with Crippen LogP contribution >= 0.6 is 0 Å². The van der Waals surface area contributed by atoms with Gasteiger partial charge in [-0.2, -0.15) is 0 Å². The molecule has 0 atom stereocenters. The molecule has 0 aliphatic carbocycles. The largest absolute Gasteiger partial charge is 0.336 e. The molecule has 0 aromatic carbocycles. The fourth-order valence-corrected chi connectivity index (χ4v) is 1.27. The van der Waals surface area contributed by atoms with E-state index in [-0.39, 0.29) is 5.91 Å². The lowest BCUT2D eigenvalue weighted by molar-refractivity contribution is -0.132. The topological polar surface area (TPSA) is 20.3 Å². The Bertz CT molecular complexity index is 194. The summed E-state index contributed by atoms with van der Waals surface area (Å²) >= 11 is 0. The van der Waals surface area contributed by atoms with Crippen LogP contribution in [0.1, 0.15) is 27.2 Å². The standard InChI is InChI=1S/C9H15NO/c1-7(2)10-6-8(3)4-5-9(10)11/h4,7H,5-6H2,1-3H3. The molecule has 0 fully saturated rings. The molecule has 1 amide bonds. The Morgan fingerprint density at radius 1 is 1.55 bits per heavy atom. The number of hydrogen-bond donors (Lipinski definition) is 0. The van der Waals surface area contributed by atoms with Gasteiger partial charge in [0, 0.05) is 19.0 Å². The highest BCUT2D eigenvalue weighted by Gasteiger charge is 2.19. The van der Waals surface area contributed by atoms with E-state index in [0.717, 1.165) is 6.54 Å². The normalized spacial score (nSPS) is 19.1. The molecule has 2 nitrogen and oxygen atoms in total. The second-order valence-electron chi connectivity index (χ2n) is 3.37. The van der Waals surface area contributed by atoms with Crippen LogP contribution in [0, 0.1) is 0 Å². The summed E-state index contributed by atoms with van der Waals surface area (Å²) in [4.78, 5) is 13.2. The van der Waals surface area contributed by atoms with Crippen LogP contribution in [0.15, 0.2) is 11.6 Å². The van der Waals surface area contributed by atoms with Crippen molar-refractivity contribution in [2.45, 2.75) is 33.2 Å². The van der Waals surface area contributed by atoms with Gasteiger partial charge >= 0.3 is 0 Å². The number of nitrogens with zero attached hydrogens (tertiary/aromatic N) is 1. The van der Waals surface area contributed by atoms with Crippen LogP contribution in [0.4, 0.5) is 0 Å². The van der Waals surface area contributed by atoms with Crippen molar-refractivity contribution in [3.05, 3.63) is 11.6 Å².